The lowest BCUT2D eigenvalue weighted by atomic mass is 10.3. The summed E-state index contributed by atoms with van der Waals surface area (Å²) in [6, 6.07) is 0.239. The van der Waals surface area contributed by atoms with Crippen molar-refractivity contribution in [3.05, 3.63) is 0 Å². The zero-order valence-corrected chi connectivity index (χ0v) is 10.7. The van der Waals surface area contributed by atoms with Crippen LogP contribution in [0.3, 0.4) is 0 Å². The lowest BCUT2D eigenvalue weighted by molar-refractivity contribution is 0.0700. The fraction of sp³-hybridized carbons (Fsp3) is 1.00. The third-order valence-corrected chi connectivity index (χ3v) is 6.89. The molecule has 3 aliphatic heterocycles. The van der Waals surface area contributed by atoms with Crippen molar-refractivity contribution in [2.75, 3.05) is 38.6 Å². The van der Waals surface area contributed by atoms with Gasteiger partial charge in [0.05, 0.1) is 13.2 Å². The second kappa shape index (κ2) is 4.13. The van der Waals surface area contributed by atoms with Crippen LogP contribution in [-0.4, -0.2) is 66.9 Å². The number of ether oxygens (including phenoxy) is 1. The molecule has 2 atom stereocenters. The van der Waals surface area contributed by atoms with Crippen LogP contribution in [0.2, 0.25) is 0 Å². The Balaban J connectivity index is 1.77. The highest BCUT2D eigenvalue weighted by atomic mass is 32.2. The fourth-order valence-electron chi connectivity index (χ4n) is 2.57. The molecule has 0 saturated carbocycles. The molecule has 3 heterocycles. The lowest BCUT2D eigenvalue weighted by Gasteiger charge is -2.33. The van der Waals surface area contributed by atoms with Crippen LogP contribution >= 0.6 is 11.8 Å². The van der Waals surface area contributed by atoms with E-state index in [4.69, 9.17) is 4.74 Å². The summed E-state index contributed by atoms with van der Waals surface area (Å²) >= 11 is 1.91. The monoisotopic (exact) mass is 264 g/mol. The predicted molar refractivity (Wildman–Crippen MR) is 62.7 cm³/mol. The van der Waals surface area contributed by atoms with E-state index in [0.29, 0.717) is 38.1 Å². The molecule has 0 unspecified atom stereocenters. The molecule has 2 bridgehead atoms. The van der Waals surface area contributed by atoms with Crippen LogP contribution in [0.25, 0.3) is 0 Å². The average Bonchev–Trinajstić information content (AvgIpc) is 2.92. The Bertz CT molecular complexity index is 367. The summed E-state index contributed by atoms with van der Waals surface area (Å²) in [5.74, 6) is 0.967. The number of morpholine rings is 1. The molecule has 3 fully saturated rings. The highest BCUT2D eigenvalue weighted by Crippen LogP contribution is 2.39. The van der Waals surface area contributed by atoms with Gasteiger partial charge in [0.15, 0.2) is 0 Å². The van der Waals surface area contributed by atoms with E-state index >= 15 is 0 Å². The fourth-order valence-corrected chi connectivity index (χ4v) is 6.01. The van der Waals surface area contributed by atoms with Crippen LogP contribution in [0.4, 0.5) is 0 Å². The minimum atomic E-state index is -3.22. The standard InChI is InChI=1S/C9H16N2O3S2/c12-16(13,10-1-3-14-4-2-10)11-6-9-5-8(11)7-15-9/h8-9H,1-7H2/t8-,9+/m0/s1. The quantitative estimate of drug-likeness (QED) is 0.690. The molecule has 0 aromatic heterocycles. The molecular weight excluding hydrogens is 248 g/mol. The van der Waals surface area contributed by atoms with E-state index in [2.05, 4.69) is 0 Å². The largest absolute Gasteiger partial charge is 0.379 e. The second-order valence-electron chi connectivity index (χ2n) is 4.43. The maximum absolute atomic E-state index is 12.4. The van der Waals surface area contributed by atoms with E-state index in [9.17, 15) is 8.42 Å². The normalized spacial score (nSPS) is 37.0. The third-order valence-electron chi connectivity index (χ3n) is 3.44. The number of hydrogen-bond donors (Lipinski definition) is 0. The van der Waals surface area contributed by atoms with Gasteiger partial charge < -0.3 is 4.74 Å². The van der Waals surface area contributed by atoms with Crippen molar-refractivity contribution in [3.8, 4) is 0 Å². The van der Waals surface area contributed by atoms with E-state index in [1.165, 1.54) is 0 Å². The molecule has 0 aromatic carbocycles. The molecule has 16 heavy (non-hydrogen) atoms. The molecule has 3 aliphatic rings. The molecule has 92 valence electrons. The second-order valence-corrected chi connectivity index (χ2v) is 7.65. The Hall–Kier alpha value is 0.180. The number of nitrogens with zero attached hydrogens (tertiary/aromatic N) is 2. The van der Waals surface area contributed by atoms with Crippen molar-refractivity contribution >= 4 is 22.0 Å². The summed E-state index contributed by atoms with van der Waals surface area (Å²) in [6.45, 7) is 2.76. The van der Waals surface area contributed by atoms with Crippen LogP contribution in [-0.2, 0) is 14.9 Å². The summed E-state index contributed by atoms with van der Waals surface area (Å²) in [7, 11) is -3.22. The lowest BCUT2D eigenvalue weighted by Crippen LogP contribution is -2.51. The molecule has 0 spiro atoms. The third kappa shape index (κ3) is 1.78. The zero-order valence-electron chi connectivity index (χ0n) is 9.04. The highest BCUT2D eigenvalue weighted by Gasteiger charge is 2.46. The summed E-state index contributed by atoms with van der Waals surface area (Å²) in [5.41, 5.74) is 0. The van der Waals surface area contributed by atoms with E-state index in [0.717, 1.165) is 12.2 Å². The van der Waals surface area contributed by atoms with Gasteiger partial charge in [0.25, 0.3) is 10.2 Å². The Kier molecular flexibility index (Phi) is 2.91. The van der Waals surface area contributed by atoms with Crippen molar-refractivity contribution < 1.29 is 13.2 Å². The molecule has 0 aromatic rings. The topological polar surface area (TPSA) is 49.9 Å². The van der Waals surface area contributed by atoms with Gasteiger partial charge in [-0.05, 0) is 6.42 Å². The molecule has 0 radical (unpaired) electrons. The van der Waals surface area contributed by atoms with Crippen molar-refractivity contribution in [2.45, 2.75) is 17.7 Å². The highest BCUT2D eigenvalue weighted by molar-refractivity contribution is 8.00. The first-order valence-corrected chi connectivity index (χ1v) is 8.09. The van der Waals surface area contributed by atoms with E-state index in [1.54, 1.807) is 8.61 Å². The molecule has 3 saturated heterocycles. The maximum Gasteiger partial charge on any atom is 0.282 e. The minimum Gasteiger partial charge on any atom is -0.379 e. The number of rotatable bonds is 2. The Morgan fingerprint density at radius 3 is 2.56 bits per heavy atom. The van der Waals surface area contributed by atoms with Crippen LogP contribution in [0, 0.1) is 0 Å². The van der Waals surface area contributed by atoms with Gasteiger partial charge in [-0.25, -0.2) is 0 Å². The van der Waals surface area contributed by atoms with Crippen molar-refractivity contribution in [1.82, 2.24) is 8.61 Å². The summed E-state index contributed by atoms with van der Waals surface area (Å²) in [4.78, 5) is 0. The van der Waals surface area contributed by atoms with Crippen LogP contribution in [0.5, 0.6) is 0 Å². The van der Waals surface area contributed by atoms with Crippen molar-refractivity contribution in [3.63, 3.8) is 0 Å². The van der Waals surface area contributed by atoms with Crippen LogP contribution < -0.4 is 0 Å². The van der Waals surface area contributed by atoms with Gasteiger partial charge in [-0.3, -0.25) is 0 Å². The van der Waals surface area contributed by atoms with Gasteiger partial charge in [-0.1, -0.05) is 0 Å². The van der Waals surface area contributed by atoms with Crippen molar-refractivity contribution in [2.24, 2.45) is 0 Å². The molecule has 5 nitrogen and oxygen atoms in total. The van der Waals surface area contributed by atoms with Crippen LogP contribution in [0.1, 0.15) is 6.42 Å². The first kappa shape index (κ1) is 11.3. The van der Waals surface area contributed by atoms with Gasteiger partial charge in [-0.15, -0.1) is 0 Å². The van der Waals surface area contributed by atoms with Gasteiger partial charge in [-0.2, -0.15) is 28.8 Å². The molecule has 0 N–H and O–H groups in total. The minimum absolute atomic E-state index is 0.239. The van der Waals surface area contributed by atoms with E-state index in [-0.39, 0.29) is 6.04 Å². The Morgan fingerprint density at radius 1 is 1.25 bits per heavy atom. The number of fused-ring (bicyclic) bond motifs is 2. The number of thioether (sulfide) groups is 1. The Morgan fingerprint density at radius 2 is 2.00 bits per heavy atom. The Labute approximate surface area is 100 Å². The maximum atomic E-state index is 12.4. The first-order valence-electron chi connectivity index (χ1n) is 5.64. The summed E-state index contributed by atoms with van der Waals surface area (Å²) < 4.78 is 33.2. The summed E-state index contributed by atoms with van der Waals surface area (Å²) in [6.07, 6.45) is 1.04. The van der Waals surface area contributed by atoms with E-state index < -0.39 is 10.2 Å². The zero-order chi connectivity index (χ0) is 11.2. The average molecular weight is 264 g/mol. The number of hydrogen-bond acceptors (Lipinski definition) is 4. The molecule has 0 aliphatic carbocycles. The molecular formula is C9H16N2O3S2. The SMILES string of the molecule is O=S(=O)(N1CCOCC1)N1C[C@H]2C[C@H]1CS2. The van der Waals surface area contributed by atoms with Gasteiger partial charge in [0, 0.05) is 36.7 Å². The molecule has 0 amide bonds. The van der Waals surface area contributed by atoms with Crippen molar-refractivity contribution in [1.29, 1.82) is 0 Å². The van der Waals surface area contributed by atoms with Gasteiger partial charge >= 0.3 is 0 Å². The first-order chi connectivity index (χ1) is 7.68. The molecule has 7 heteroatoms. The summed E-state index contributed by atoms with van der Waals surface area (Å²) in [5, 5.41) is 0.529. The van der Waals surface area contributed by atoms with Crippen LogP contribution in [0.15, 0.2) is 0 Å². The predicted octanol–water partition coefficient (Wildman–Crippen LogP) is -0.247. The van der Waals surface area contributed by atoms with Gasteiger partial charge in [0.1, 0.15) is 0 Å². The molecule has 3 rings (SSSR count). The van der Waals surface area contributed by atoms with Gasteiger partial charge in [0.2, 0.25) is 0 Å². The van der Waals surface area contributed by atoms with E-state index in [1.807, 2.05) is 11.8 Å². The smallest absolute Gasteiger partial charge is 0.282 e.